The Bertz CT molecular complexity index is 1290. The number of carbonyl (C=O) groups excluding carboxylic acids is 2. The molecule has 0 bridgehead atoms. The summed E-state index contributed by atoms with van der Waals surface area (Å²) in [6.07, 6.45) is 2.21. The number of carbonyl (C=O) groups is 2. The maximum Gasteiger partial charge on any atom is 0.268 e. The Hall–Kier alpha value is -3.74. The summed E-state index contributed by atoms with van der Waals surface area (Å²) < 4.78 is 19.9. The molecule has 1 heterocycles. The van der Waals surface area contributed by atoms with Gasteiger partial charge in [0.15, 0.2) is 5.78 Å². The highest BCUT2D eigenvalue weighted by Gasteiger charge is 2.35. The first kappa shape index (κ1) is 22.5. The predicted octanol–water partition coefficient (Wildman–Crippen LogP) is 4.07. The Balaban J connectivity index is 1.79. The highest BCUT2D eigenvalue weighted by atomic mass is 19.1. The van der Waals surface area contributed by atoms with Crippen LogP contribution in [0.1, 0.15) is 52.1 Å². The number of hydrogen-bond donors (Lipinski definition) is 1. The molecular weight excluding hydrogens is 423 g/mol. The second-order valence-electron chi connectivity index (χ2n) is 9.02. The molecule has 1 aliphatic rings. The van der Waals surface area contributed by atoms with Crippen LogP contribution < -0.4 is 15.6 Å². The molecule has 4 rings (SSSR count). The van der Waals surface area contributed by atoms with E-state index in [1.54, 1.807) is 19.2 Å². The minimum atomic E-state index is -0.555. The summed E-state index contributed by atoms with van der Waals surface area (Å²) in [7, 11) is 1.56. The van der Waals surface area contributed by atoms with Crippen LogP contribution in [-0.2, 0) is 13.0 Å². The van der Waals surface area contributed by atoms with Gasteiger partial charge in [0.2, 0.25) is 0 Å². The molecule has 1 aromatic heterocycles. The Morgan fingerprint density at radius 2 is 1.85 bits per heavy atom. The maximum atomic E-state index is 13.5. The Labute approximate surface area is 191 Å². The minimum Gasteiger partial charge on any atom is -0.497 e. The fourth-order valence-corrected chi connectivity index (χ4v) is 4.23. The van der Waals surface area contributed by atoms with Gasteiger partial charge in [0.05, 0.1) is 7.11 Å². The smallest absolute Gasteiger partial charge is 0.268 e. The van der Waals surface area contributed by atoms with Crippen LogP contribution >= 0.6 is 0 Å². The number of rotatable bonds is 5. The molecule has 0 fully saturated rings. The van der Waals surface area contributed by atoms with E-state index in [9.17, 15) is 18.8 Å². The van der Waals surface area contributed by atoms with Gasteiger partial charge < -0.3 is 10.1 Å². The molecular formula is C26H25FN2O4. The van der Waals surface area contributed by atoms with Crippen LogP contribution in [-0.4, -0.2) is 23.4 Å². The van der Waals surface area contributed by atoms with Crippen LogP contribution in [0.15, 0.2) is 59.5 Å². The molecule has 0 unspecified atom stereocenters. The molecule has 1 amide bonds. The highest BCUT2D eigenvalue weighted by Crippen LogP contribution is 2.35. The lowest BCUT2D eigenvalue weighted by atomic mass is 9.73. The standard InChI is InChI=1S/C26H25FN2O4/c1-26(2)12-20-21(22(30)13-26)15-29(18-9-7-17(27)8-10-18)25(32)23(20)24(31)28-14-16-5-4-6-19(11-16)33-3/h4-11,15H,12-14H2,1-3H3,(H,28,31). The first-order chi connectivity index (χ1) is 15.7. The van der Waals surface area contributed by atoms with E-state index in [0.29, 0.717) is 35.4 Å². The van der Waals surface area contributed by atoms with E-state index in [-0.39, 0.29) is 23.3 Å². The van der Waals surface area contributed by atoms with E-state index < -0.39 is 17.3 Å². The van der Waals surface area contributed by atoms with E-state index in [4.69, 9.17) is 4.74 Å². The molecule has 0 saturated heterocycles. The van der Waals surface area contributed by atoms with Crippen LogP contribution in [0.4, 0.5) is 4.39 Å². The summed E-state index contributed by atoms with van der Waals surface area (Å²) in [5, 5.41) is 2.81. The fourth-order valence-electron chi connectivity index (χ4n) is 4.23. The van der Waals surface area contributed by atoms with Crippen molar-refractivity contribution < 1.29 is 18.7 Å². The zero-order chi connectivity index (χ0) is 23.8. The largest absolute Gasteiger partial charge is 0.497 e. The number of methoxy groups -OCH3 is 1. The van der Waals surface area contributed by atoms with Crippen molar-refractivity contribution in [3.8, 4) is 11.4 Å². The van der Waals surface area contributed by atoms with Gasteiger partial charge in [0.1, 0.15) is 17.1 Å². The molecule has 1 aliphatic carbocycles. The van der Waals surface area contributed by atoms with Crippen molar-refractivity contribution in [1.29, 1.82) is 0 Å². The third-order valence-electron chi connectivity index (χ3n) is 5.83. The average molecular weight is 448 g/mol. The van der Waals surface area contributed by atoms with Crippen molar-refractivity contribution in [2.75, 3.05) is 7.11 Å². The summed E-state index contributed by atoms with van der Waals surface area (Å²) in [4.78, 5) is 39.7. The molecule has 1 N–H and O–H groups in total. The van der Waals surface area contributed by atoms with E-state index in [0.717, 1.165) is 5.56 Å². The van der Waals surface area contributed by atoms with Gasteiger partial charge in [-0.05, 0) is 59.4 Å². The van der Waals surface area contributed by atoms with Gasteiger partial charge in [-0.2, -0.15) is 0 Å². The number of halogens is 1. The van der Waals surface area contributed by atoms with Crippen LogP contribution in [0.3, 0.4) is 0 Å². The monoisotopic (exact) mass is 448 g/mol. The van der Waals surface area contributed by atoms with Crippen molar-refractivity contribution >= 4 is 11.7 Å². The van der Waals surface area contributed by atoms with Gasteiger partial charge in [0, 0.05) is 30.4 Å². The SMILES string of the molecule is COc1cccc(CNC(=O)c2c3c(cn(-c4ccc(F)cc4)c2=O)C(=O)CC(C)(C)C3)c1. The maximum absolute atomic E-state index is 13.5. The number of nitrogens with one attached hydrogen (secondary N) is 1. The van der Waals surface area contributed by atoms with E-state index in [1.165, 1.54) is 35.0 Å². The fraction of sp³-hybridized carbons (Fsp3) is 0.269. The van der Waals surface area contributed by atoms with E-state index in [1.807, 2.05) is 26.0 Å². The third kappa shape index (κ3) is 4.58. The van der Waals surface area contributed by atoms with E-state index in [2.05, 4.69) is 5.32 Å². The number of fused-ring (bicyclic) bond motifs is 1. The Kier molecular flexibility index (Phi) is 5.89. The zero-order valence-corrected chi connectivity index (χ0v) is 18.8. The zero-order valence-electron chi connectivity index (χ0n) is 18.8. The summed E-state index contributed by atoms with van der Waals surface area (Å²) in [5.74, 6) is -0.469. The van der Waals surface area contributed by atoms with Crippen molar-refractivity contribution in [2.45, 2.75) is 33.2 Å². The molecule has 0 radical (unpaired) electrons. The van der Waals surface area contributed by atoms with Crippen LogP contribution in [0, 0.1) is 11.2 Å². The molecule has 3 aromatic rings. The summed E-state index contributed by atoms with van der Waals surface area (Å²) >= 11 is 0. The van der Waals surface area contributed by atoms with Gasteiger partial charge in [-0.3, -0.25) is 19.0 Å². The van der Waals surface area contributed by atoms with Gasteiger partial charge in [-0.15, -0.1) is 0 Å². The second-order valence-corrected chi connectivity index (χ2v) is 9.02. The number of hydrogen-bond acceptors (Lipinski definition) is 4. The van der Waals surface area contributed by atoms with Crippen molar-refractivity contribution in [2.24, 2.45) is 5.41 Å². The quantitative estimate of drug-likeness (QED) is 0.638. The van der Waals surface area contributed by atoms with Crippen molar-refractivity contribution in [3.05, 3.63) is 93.2 Å². The summed E-state index contributed by atoms with van der Waals surface area (Å²) in [5.41, 5.74) is 1.02. The lowest BCUT2D eigenvalue weighted by molar-refractivity contribution is 0.0908. The lowest BCUT2D eigenvalue weighted by Crippen LogP contribution is -2.38. The number of ether oxygens (including phenoxy) is 1. The molecule has 7 heteroatoms. The topological polar surface area (TPSA) is 77.4 Å². The Morgan fingerprint density at radius 3 is 2.55 bits per heavy atom. The number of pyridine rings is 1. The van der Waals surface area contributed by atoms with Gasteiger partial charge >= 0.3 is 0 Å². The highest BCUT2D eigenvalue weighted by molar-refractivity contribution is 6.04. The minimum absolute atomic E-state index is 0.0548. The lowest BCUT2D eigenvalue weighted by Gasteiger charge is -2.31. The summed E-state index contributed by atoms with van der Waals surface area (Å²) in [6.45, 7) is 4.07. The van der Waals surface area contributed by atoms with Crippen molar-refractivity contribution in [3.63, 3.8) is 0 Å². The number of nitrogens with zero attached hydrogens (tertiary/aromatic N) is 1. The van der Waals surface area contributed by atoms with Gasteiger partial charge in [0.25, 0.3) is 11.5 Å². The van der Waals surface area contributed by atoms with Crippen LogP contribution in [0.2, 0.25) is 0 Å². The molecule has 0 spiro atoms. The number of ketones is 1. The molecule has 0 aliphatic heterocycles. The first-order valence-corrected chi connectivity index (χ1v) is 10.7. The molecule has 0 saturated carbocycles. The number of Topliss-reactive ketones (excluding diaryl/α,β-unsaturated/α-hetero) is 1. The molecule has 33 heavy (non-hydrogen) atoms. The predicted molar refractivity (Wildman–Crippen MR) is 123 cm³/mol. The van der Waals surface area contributed by atoms with E-state index >= 15 is 0 Å². The first-order valence-electron chi connectivity index (χ1n) is 10.7. The summed E-state index contributed by atoms with van der Waals surface area (Å²) in [6, 6.07) is 12.6. The van der Waals surface area contributed by atoms with Crippen LogP contribution in [0.5, 0.6) is 5.75 Å². The Morgan fingerprint density at radius 1 is 1.12 bits per heavy atom. The number of aromatic nitrogens is 1. The molecule has 0 atom stereocenters. The van der Waals surface area contributed by atoms with Gasteiger partial charge in [-0.25, -0.2) is 4.39 Å². The molecule has 170 valence electrons. The van der Waals surface area contributed by atoms with Crippen LogP contribution in [0.25, 0.3) is 5.69 Å². The third-order valence-corrected chi connectivity index (χ3v) is 5.83. The average Bonchev–Trinajstić information content (AvgIpc) is 2.77. The number of benzene rings is 2. The molecule has 6 nitrogen and oxygen atoms in total. The molecule has 2 aromatic carbocycles. The van der Waals surface area contributed by atoms with Crippen molar-refractivity contribution in [1.82, 2.24) is 9.88 Å². The number of amides is 1. The normalized spacial score (nSPS) is 14.5. The second kappa shape index (κ2) is 8.65. The van der Waals surface area contributed by atoms with Gasteiger partial charge in [-0.1, -0.05) is 26.0 Å².